The third-order valence-corrected chi connectivity index (χ3v) is 20.1. The molecule has 0 amide bonds. The second kappa shape index (κ2) is 23.6. The molecule has 0 N–H and O–H groups in total. The normalized spacial score (nSPS) is 11.8. The lowest BCUT2D eigenvalue weighted by Gasteiger charge is -2.13. The molecule has 0 aliphatic carbocycles. The van der Waals surface area contributed by atoms with Crippen molar-refractivity contribution >= 4 is 97.3 Å². The minimum Gasteiger partial charge on any atom is -0.456 e. The first-order valence-electron chi connectivity index (χ1n) is 34.1. The molecule has 3 aromatic heterocycles. The van der Waals surface area contributed by atoms with E-state index in [1.165, 1.54) is 48.5 Å². The van der Waals surface area contributed by atoms with E-state index in [2.05, 4.69) is 315 Å². The standard InChI is InChI=1S/C94H56N6O/c1-2-12-57(13-3-1)68-17-10-19-72(51-68)90-95-89(66-34-28-60(29-35-66)70-36-30-58-14-4-5-16-67(58)50-70)96-92(97-90)74-38-33-65-43-47-80-81(86(65)55-74)48-42-63-31-37-71(53-84(63)80)61-26-24-59(25-27-61)69-18-11-20-73(52-69)91-98-93(100-94(99-91)76-44-49-83-82-22-8-9-23-87(82)101-88(83)56-76)75-39-32-64-41-45-78-77-21-7-6-15-62(77)40-46-79(78)85(64)54-75/h1-56H. The van der Waals surface area contributed by atoms with Crippen molar-refractivity contribution in [2.75, 3.05) is 0 Å². The Morgan fingerprint density at radius 3 is 0.980 bits per heavy atom. The van der Waals surface area contributed by atoms with Crippen molar-refractivity contribution in [3.63, 3.8) is 0 Å². The highest BCUT2D eigenvalue weighted by atomic mass is 16.3. The highest BCUT2D eigenvalue weighted by Gasteiger charge is 2.20. The number of para-hydroxylation sites is 1. The number of hydrogen-bond donors (Lipinski definition) is 0. The zero-order valence-electron chi connectivity index (χ0n) is 54.4. The average molecular weight is 1290 g/mol. The second-order valence-corrected chi connectivity index (χ2v) is 26.1. The number of furan rings is 1. The first-order valence-corrected chi connectivity index (χ1v) is 34.1. The van der Waals surface area contributed by atoms with Crippen LogP contribution in [0.25, 0.3) is 210 Å². The summed E-state index contributed by atoms with van der Waals surface area (Å²) >= 11 is 0. The van der Waals surface area contributed by atoms with E-state index in [1.54, 1.807) is 0 Å². The summed E-state index contributed by atoms with van der Waals surface area (Å²) in [6, 6.07) is 121. The fourth-order valence-electron chi connectivity index (χ4n) is 14.9. The summed E-state index contributed by atoms with van der Waals surface area (Å²) in [4.78, 5) is 31.6. The molecule has 0 aliphatic rings. The van der Waals surface area contributed by atoms with Gasteiger partial charge in [0.05, 0.1) is 0 Å². The van der Waals surface area contributed by atoms with Gasteiger partial charge in [-0.05, 0) is 175 Å². The lowest BCUT2D eigenvalue weighted by molar-refractivity contribution is 0.669. The molecule has 20 rings (SSSR count). The Balaban J connectivity index is 0.639. The maximum atomic E-state index is 6.41. The highest BCUT2D eigenvalue weighted by molar-refractivity contribution is 6.19. The van der Waals surface area contributed by atoms with Crippen molar-refractivity contribution in [2.24, 2.45) is 0 Å². The van der Waals surface area contributed by atoms with E-state index in [-0.39, 0.29) is 0 Å². The van der Waals surface area contributed by atoms with Crippen molar-refractivity contribution in [1.29, 1.82) is 0 Å². The summed E-state index contributed by atoms with van der Waals surface area (Å²) in [6.07, 6.45) is 0. The molecule has 0 atom stereocenters. The van der Waals surface area contributed by atoms with Crippen LogP contribution in [0.5, 0.6) is 0 Å². The summed E-state index contributed by atoms with van der Waals surface area (Å²) in [7, 11) is 0. The molecule has 20 aromatic rings. The Labute approximate surface area is 580 Å². The Bertz CT molecular complexity index is 6760. The number of hydrogen-bond acceptors (Lipinski definition) is 7. The molecule has 0 aliphatic heterocycles. The molecule has 7 heteroatoms. The van der Waals surface area contributed by atoms with E-state index < -0.39 is 0 Å². The Kier molecular flexibility index (Phi) is 13.5. The number of rotatable bonds is 10. The highest BCUT2D eigenvalue weighted by Crippen LogP contribution is 2.41. The molecule has 3 heterocycles. The van der Waals surface area contributed by atoms with Crippen LogP contribution >= 0.6 is 0 Å². The molecule has 17 aromatic carbocycles. The van der Waals surface area contributed by atoms with Crippen molar-refractivity contribution in [3.8, 4) is 113 Å². The van der Waals surface area contributed by atoms with Gasteiger partial charge in [-0.25, -0.2) is 29.9 Å². The van der Waals surface area contributed by atoms with Crippen molar-refractivity contribution in [2.45, 2.75) is 0 Å². The summed E-state index contributed by atoms with van der Waals surface area (Å²) < 4.78 is 6.41. The molecule has 7 nitrogen and oxygen atoms in total. The van der Waals surface area contributed by atoms with E-state index in [0.717, 1.165) is 127 Å². The third kappa shape index (κ3) is 10.3. The van der Waals surface area contributed by atoms with Gasteiger partial charge in [0.2, 0.25) is 0 Å². The van der Waals surface area contributed by atoms with Crippen molar-refractivity contribution < 1.29 is 4.42 Å². The molecule has 0 bridgehead atoms. The quantitative estimate of drug-likeness (QED) is 0.126. The van der Waals surface area contributed by atoms with Gasteiger partial charge in [0.25, 0.3) is 0 Å². The Morgan fingerprint density at radius 1 is 0.139 bits per heavy atom. The summed E-state index contributed by atoms with van der Waals surface area (Å²) in [5.41, 5.74) is 15.9. The predicted octanol–water partition coefficient (Wildman–Crippen LogP) is 24.7. The smallest absolute Gasteiger partial charge is 0.164 e. The number of fused-ring (bicyclic) bond motifs is 14. The first-order chi connectivity index (χ1) is 49.9. The van der Waals surface area contributed by atoms with Gasteiger partial charge in [0, 0.05) is 44.2 Å². The molecule has 0 saturated carbocycles. The molecule has 0 radical (unpaired) electrons. The van der Waals surface area contributed by atoms with Gasteiger partial charge in [-0.2, -0.15) is 0 Å². The van der Waals surface area contributed by atoms with Crippen LogP contribution in [0.15, 0.2) is 344 Å². The van der Waals surface area contributed by atoms with Gasteiger partial charge in [0.15, 0.2) is 34.9 Å². The molecule has 0 spiro atoms. The van der Waals surface area contributed by atoms with Crippen LogP contribution in [0, 0.1) is 0 Å². The Hall–Kier alpha value is -13.6. The fourth-order valence-corrected chi connectivity index (χ4v) is 14.9. The van der Waals surface area contributed by atoms with E-state index in [9.17, 15) is 0 Å². The summed E-state index contributed by atoms with van der Waals surface area (Å²) in [5, 5.41) is 18.6. The average Bonchev–Trinajstić information content (AvgIpc) is 1.18. The monoisotopic (exact) mass is 1280 g/mol. The van der Waals surface area contributed by atoms with E-state index in [1.807, 2.05) is 24.3 Å². The number of benzene rings is 17. The predicted molar refractivity (Wildman–Crippen MR) is 417 cm³/mol. The SMILES string of the molecule is c1ccc(-c2cccc(-c3nc(-c4ccc(-c5ccc6ccccc6c5)cc4)nc(-c4ccc5ccc6c7cc(-c8ccc(-c9cccc(-c%10nc(-c%11ccc%12c(c%11)oc%11ccccc%11%12)nc(-c%11ccc%12ccc%13c%14ccccc%14ccc%13c%12c%11)n%10)c9)cc8)ccc7ccc6c5c4)n3)c2)cc1. The molecule has 0 saturated heterocycles. The lowest BCUT2D eigenvalue weighted by atomic mass is 9.93. The van der Waals surface area contributed by atoms with E-state index in [0.29, 0.717) is 34.9 Å². The third-order valence-electron chi connectivity index (χ3n) is 20.1. The van der Waals surface area contributed by atoms with Crippen LogP contribution in [0.2, 0.25) is 0 Å². The van der Waals surface area contributed by atoms with Gasteiger partial charge >= 0.3 is 0 Å². The second-order valence-electron chi connectivity index (χ2n) is 26.1. The van der Waals surface area contributed by atoms with E-state index in [4.69, 9.17) is 34.3 Å². The first kappa shape index (κ1) is 57.6. The molecule has 101 heavy (non-hydrogen) atoms. The zero-order chi connectivity index (χ0) is 66.5. The molecule has 0 unspecified atom stereocenters. The van der Waals surface area contributed by atoms with Gasteiger partial charge in [0.1, 0.15) is 11.2 Å². The van der Waals surface area contributed by atoms with Crippen LogP contribution < -0.4 is 0 Å². The molecular weight excluding hydrogens is 1230 g/mol. The minimum absolute atomic E-state index is 0.563. The summed E-state index contributed by atoms with van der Waals surface area (Å²) in [5.74, 6) is 3.55. The van der Waals surface area contributed by atoms with Gasteiger partial charge < -0.3 is 4.42 Å². The topological polar surface area (TPSA) is 90.5 Å². The van der Waals surface area contributed by atoms with Crippen LogP contribution in [-0.4, -0.2) is 29.9 Å². The number of aromatic nitrogens is 6. The van der Waals surface area contributed by atoms with Crippen LogP contribution in [-0.2, 0) is 0 Å². The fraction of sp³-hybridized carbons (Fsp3) is 0. The van der Waals surface area contributed by atoms with Crippen LogP contribution in [0.4, 0.5) is 0 Å². The van der Waals surface area contributed by atoms with Gasteiger partial charge in [-0.15, -0.1) is 0 Å². The van der Waals surface area contributed by atoms with Gasteiger partial charge in [-0.1, -0.05) is 285 Å². The van der Waals surface area contributed by atoms with Crippen molar-refractivity contribution in [3.05, 3.63) is 340 Å². The Morgan fingerprint density at radius 2 is 0.436 bits per heavy atom. The minimum atomic E-state index is 0.563. The van der Waals surface area contributed by atoms with Gasteiger partial charge in [-0.3, -0.25) is 0 Å². The largest absolute Gasteiger partial charge is 0.456 e. The van der Waals surface area contributed by atoms with Crippen LogP contribution in [0.1, 0.15) is 0 Å². The molecule has 0 fully saturated rings. The summed E-state index contributed by atoms with van der Waals surface area (Å²) in [6.45, 7) is 0. The van der Waals surface area contributed by atoms with Crippen molar-refractivity contribution in [1.82, 2.24) is 29.9 Å². The maximum absolute atomic E-state index is 6.41. The zero-order valence-corrected chi connectivity index (χ0v) is 54.4. The van der Waals surface area contributed by atoms with E-state index >= 15 is 0 Å². The number of nitrogens with zero attached hydrogens (tertiary/aromatic N) is 6. The molecule has 468 valence electrons. The molecular formula is C94H56N6O. The lowest BCUT2D eigenvalue weighted by Crippen LogP contribution is -2.00. The van der Waals surface area contributed by atoms with Crippen LogP contribution in [0.3, 0.4) is 0 Å². The maximum Gasteiger partial charge on any atom is 0.164 e.